The van der Waals surface area contributed by atoms with Crippen LogP contribution in [0.3, 0.4) is 0 Å². The fourth-order valence-electron chi connectivity index (χ4n) is 1.42. The Morgan fingerprint density at radius 2 is 2.19 bits per heavy atom. The maximum Gasteiger partial charge on any atom is 0.123 e. The van der Waals surface area contributed by atoms with Crippen LogP contribution in [0.5, 0.6) is 5.75 Å². The van der Waals surface area contributed by atoms with Crippen LogP contribution in [0.2, 0.25) is 0 Å². The summed E-state index contributed by atoms with van der Waals surface area (Å²) in [6.45, 7) is 2.56. The van der Waals surface area contributed by atoms with Crippen LogP contribution in [0.1, 0.15) is 11.1 Å². The second-order valence-corrected chi connectivity index (χ2v) is 3.79. The summed E-state index contributed by atoms with van der Waals surface area (Å²) in [5.41, 5.74) is 2.22. The van der Waals surface area contributed by atoms with Crippen LogP contribution in [-0.4, -0.2) is 36.6 Å². The lowest BCUT2D eigenvalue weighted by Gasteiger charge is -2.14. The molecule has 0 amide bonds. The molecule has 90 valence electrons. The van der Waals surface area contributed by atoms with Gasteiger partial charge in [0.05, 0.1) is 6.61 Å². The van der Waals surface area contributed by atoms with Gasteiger partial charge in [0.1, 0.15) is 18.5 Å². The van der Waals surface area contributed by atoms with Crippen LogP contribution in [0.4, 0.5) is 0 Å². The van der Waals surface area contributed by atoms with Gasteiger partial charge in [-0.2, -0.15) is 0 Å². The number of aliphatic hydroxyl groups excluding tert-OH is 2. The standard InChI is InChI=1S/C12H19NO3/c1-9-3-4-12(10(5-9)6-13-2)16-8-11(15)7-14/h3-5,11,13-15H,6-8H2,1-2H3. The van der Waals surface area contributed by atoms with Crippen molar-refractivity contribution >= 4 is 0 Å². The van der Waals surface area contributed by atoms with Crippen LogP contribution in [0, 0.1) is 6.92 Å². The molecular weight excluding hydrogens is 206 g/mol. The van der Waals surface area contributed by atoms with Crippen LogP contribution in [-0.2, 0) is 6.54 Å². The van der Waals surface area contributed by atoms with Crippen molar-refractivity contribution in [3.8, 4) is 5.75 Å². The molecule has 0 radical (unpaired) electrons. The van der Waals surface area contributed by atoms with Crippen molar-refractivity contribution in [3.05, 3.63) is 29.3 Å². The number of aliphatic hydroxyl groups is 2. The van der Waals surface area contributed by atoms with Gasteiger partial charge >= 0.3 is 0 Å². The van der Waals surface area contributed by atoms with Gasteiger partial charge in [-0.25, -0.2) is 0 Å². The van der Waals surface area contributed by atoms with Gasteiger partial charge in [0.25, 0.3) is 0 Å². The zero-order chi connectivity index (χ0) is 12.0. The van der Waals surface area contributed by atoms with E-state index in [1.54, 1.807) is 0 Å². The van der Waals surface area contributed by atoms with Crippen molar-refractivity contribution in [2.75, 3.05) is 20.3 Å². The van der Waals surface area contributed by atoms with Crippen molar-refractivity contribution in [1.29, 1.82) is 0 Å². The molecule has 1 aromatic rings. The summed E-state index contributed by atoms with van der Waals surface area (Å²) in [6.07, 6.45) is -0.830. The predicted molar refractivity (Wildman–Crippen MR) is 62.5 cm³/mol. The number of hydrogen-bond acceptors (Lipinski definition) is 4. The fourth-order valence-corrected chi connectivity index (χ4v) is 1.42. The van der Waals surface area contributed by atoms with Gasteiger partial charge < -0.3 is 20.3 Å². The molecule has 4 heteroatoms. The molecule has 0 aromatic heterocycles. The summed E-state index contributed by atoms with van der Waals surface area (Å²) in [5.74, 6) is 0.743. The first-order chi connectivity index (χ1) is 7.67. The van der Waals surface area contributed by atoms with E-state index in [4.69, 9.17) is 9.84 Å². The zero-order valence-electron chi connectivity index (χ0n) is 9.73. The highest BCUT2D eigenvalue weighted by molar-refractivity contribution is 5.36. The molecule has 0 saturated heterocycles. The molecule has 16 heavy (non-hydrogen) atoms. The third-order valence-electron chi connectivity index (χ3n) is 2.23. The second kappa shape index (κ2) is 6.48. The van der Waals surface area contributed by atoms with Gasteiger partial charge in [0.2, 0.25) is 0 Å². The first-order valence-corrected chi connectivity index (χ1v) is 5.33. The third-order valence-corrected chi connectivity index (χ3v) is 2.23. The average Bonchev–Trinajstić information content (AvgIpc) is 2.28. The molecule has 0 aliphatic carbocycles. The lowest BCUT2D eigenvalue weighted by molar-refractivity contribution is 0.0533. The summed E-state index contributed by atoms with van der Waals surface area (Å²) in [5, 5.41) is 21.0. The summed E-state index contributed by atoms with van der Waals surface area (Å²) >= 11 is 0. The van der Waals surface area contributed by atoms with Crippen molar-refractivity contribution in [2.24, 2.45) is 0 Å². The molecule has 0 saturated carbocycles. The van der Waals surface area contributed by atoms with Gasteiger partial charge in [0.15, 0.2) is 0 Å². The molecule has 0 aliphatic rings. The van der Waals surface area contributed by atoms with E-state index in [-0.39, 0.29) is 13.2 Å². The van der Waals surface area contributed by atoms with E-state index in [0.29, 0.717) is 6.54 Å². The van der Waals surface area contributed by atoms with Crippen LogP contribution >= 0.6 is 0 Å². The molecule has 3 N–H and O–H groups in total. The Labute approximate surface area is 95.9 Å². The minimum atomic E-state index is -0.830. The van der Waals surface area contributed by atoms with Crippen molar-refractivity contribution in [1.82, 2.24) is 5.32 Å². The van der Waals surface area contributed by atoms with Crippen molar-refractivity contribution in [2.45, 2.75) is 19.6 Å². The fraction of sp³-hybridized carbons (Fsp3) is 0.500. The number of rotatable bonds is 6. The van der Waals surface area contributed by atoms with Crippen molar-refractivity contribution in [3.63, 3.8) is 0 Å². The van der Waals surface area contributed by atoms with Gasteiger partial charge in [-0.05, 0) is 20.0 Å². The molecule has 1 rings (SSSR count). The number of benzene rings is 1. The molecule has 0 heterocycles. The quantitative estimate of drug-likeness (QED) is 0.657. The average molecular weight is 225 g/mol. The Morgan fingerprint density at radius 3 is 2.81 bits per heavy atom. The second-order valence-electron chi connectivity index (χ2n) is 3.79. The topological polar surface area (TPSA) is 61.7 Å². The Bertz CT molecular complexity index is 328. The molecule has 0 fully saturated rings. The molecule has 0 bridgehead atoms. The van der Waals surface area contributed by atoms with Crippen LogP contribution in [0.15, 0.2) is 18.2 Å². The predicted octanol–water partition coefficient (Wildman–Crippen LogP) is 0.446. The van der Waals surface area contributed by atoms with Gasteiger partial charge in [0, 0.05) is 12.1 Å². The van der Waals surface area contributed by atoms with E-state index < -0.39 is 6.10 Å². The largest absolute Gasteiger partial charge is 0.490 e. The summed E-state index contributed by atoms with van der Waals surface area (Å²) in [6, 6.07) is 5.88. The number of aryl methyl sites for hydroxylation is 1. The van der Waals surface area contributed by atoms with Gasteiger partial charge in [-0.1, -0.05) is 17.7 Å². The third kappa shape index (κ3) is 3.81. The first kappa shape index (κ1) is 13.0. The number of hydrogen-bond donors (Lipinski definition) is 3. The Balaban J connectivity index is 2.70. The maximum atomic E-state index is 9.20. The summed E-state index contributed by atoms with van der Waals surface area (Å²) < 4.78 is 5.45. The Hall–Kier alpha value is -1.10. The highest BCUT2D eigenvalue weighted by Crippen LogP contribution is 2.20. The molecule has 1 atom stereocenters. The first-order valence-electron chi connectivity index (χ1n) is 5.33. The van der Waals surface area contributed by atoms with E-state index in [9.17, 15) is 5.11 Å². The highest BCUT2D eigenvalue weighted by atomic mass is 16.5. The monoisotopic (exact) mass is 225 g/mol. The smallest absolute Gasteiger partial charge is 0.123 e. The van der Waals surface area contributed by atoms with Crippen molar-refractivity contribution < 1.29 is 14.9 Å². The lowest BCUT2D eigenvalue weighted by atomic mass is 10.1. The Kier molecular flexibility index (Phi) is 5.25. The molecule has 1 aromatic carbocycles. The number of nitrogens with one attached hydrogen (secondary N) is 1. The lowest BCUT2D eigenvalue weighted by Crippen LogP contribution is -2.22. The molecule has 4 nitrogen and oxygen atoms in total. The van der Waals surface area contributed by atoms with Crippen LogP contribution in [0.25, 0.3) is 0 Å². The molecular formula is C12H19NO3. The SMILES string of the molecule is CNCc1cc(C)ccc1OCC(O)CO. The van der Waals surface area contributed by atoms with Gasteiger partial charge in [-0.15, -0.1) is 0 Å². The highest BCUT2D eigenvalue weighted by Gasteiger charge is 2.07. The van der Waals surface area contributed by atoms with E-state index in [0.717, 1.165) is 11.3 Å². The maximum absolute atomic E-state index is 9.20. The molecule has 0 aliphatic heterocycles. The Morgan fingerprint density at radius 1 is 1.44 bits per heavy atom. The summed E-state index contributed by atoms with van der Waals surface area (Å²) in [7, 11) is 1.87. The minimum absolute atomic E-state index is 0.107. The molecule has 1 unspecified atom stereocenters. The minimum Gasteiger partial charge on any atom is -0.490 e. The van der Waals surface area contributed by atoms with Gasteiger partial charge in [-0.3, -0.25) is 0 Å². The molecule has 0 spiro atoms. The van der Waals surface area contributed by atoms with E-state index >= 15 is 0 Å². The normalized spacial score (nSPS) is 12.5. The summed E-state index contributed by atoms with van der Waals surface area (Å²) in [4.78, 5) is 0. The zero-order valence-corrected chi connectivity index (χ0v) is 9.73. The number of ether oxygens (including phenoxy) is 1. The van der Waals surface area contributed by atoms with E-state index in [1.165, 1.54) is 5.56 Å². The van der Waals surface area contributed by atoms with Crippen LogP contribution < -0.4 is 10.1 Å². The van der Waals surface area contributed by atoms with E-state index in [2.05, 4.69) is 5.32 Å². The van der Waals surface area contributed by atoms with E-state index in [1.807, 2.05) is 32.2 Å².